The van der Waals surface area contributed by atoms with E-state index in [4.69, 9.17) is 4.74 Å². The molecule has 20 heavy (non-hydrogen) atoms. The summed E-state index contributed by atoms with van der Waals surface area (Å²) in [6, 6.07) is 10.4. The average Bonchev–Trinajstić information content (AvgIpc) is 2.46. The summed E-state index contributed by atoms with van der Waals surface area (Å²) in [4.78, 5) is 4.16. The van der Waals surface area contributed by atoms with Crippen LogP contribution in [0.4, 0.5) is 0 Å². The Hall–Kier alpha value is -1.23. The van der Waals surface area contributed by atoms with Crippen LogP contribution < -0.4 is 5.32 Å². The molecule has 1 aromatic heterocycles. The summed E-state index contributed by atoms with van der Waals surface area (Å²) in [7, 11) is 0. The molecule has 0 saturated carbocycles. The minimum Gasteiger partial charge on any atom is -0.377 e. The Kier molecular flexibility index (Phi) is 6.18. The highest BCUT2D eigenvalue weighted by Gasteiger charge is 2.02. The van der Waals surface area contributed by atoms with Gasteiger partial charge in [0.15, 0.2) is 0 Å². The number of hydrogen-bond acceptors (Lipinski definition) is 3. The van der Waals surface area contributed by atoms with Gasteiger partial charge in [-0.3, -0.25) is 4.98 Å². The molecule has 2 aromatic rings. The minimum absolute atomic E-state index is 0.673. The quantitative estimate of drug-likeness (QED) is 0.838. The third-order valence-electron chi connectivity index (χ3n) is 2.99. The lowest BCUT2D eigenvalue weighted by Gasteiger charge is -2.10. The Morgan fingerprint density at radius 2 is 1.95 bits per heavy atom. The lowest BCUT2D eigenvalue weighted by molar-refractivity contribution is 0.133. The third kappa shape index (κ3) is 4.71. The molecule has 0 aliphatic rings. The molecule has 106 valence electrons. The van der Waals surface area contributed by atoms with Crippen LogP contribution in [-0.4, -0.2) is 11.6 Å². The maximum Gasteiger partial charge on any atom is 0.0719 e. The van der Waals surface area contributed by atoms with Crippen LogP contribution in [0.25, 0.3) is 0 Å². The van der Waals surface area contributed by atoms with Crippen LogP contribution in [-0.2, 0) is 24.4 Å². The van der Waals surface area contributed by atoms with E-state index in [1.165, 1.54) is 16.7 Å². The summed E-state index contributed by atoms with van der Waals surface area (Å²) in [6.45, 7) is 5.06. The fraction of sp³-hybridized carbons (Fsp3) is 0.312. The Morgan fingerprint density at radius 1 is 1.15 bits per heavy atom. The molecule has 0 aliphatic carbocycles. The van der Waals surface area contributed by atoms with Crippen molar-refractivity contribution in [3.8, 4) is 0 Å². The highest BCUT2D eigenvalue weighted by Crippen LogP contribution is 2.12. The number of nitrogens with one attached hydrogen (secondary N) is 1. The summed E-state index contributed by atoms with van der Waals surface area (Å²) < 4.78 is 6.50. The van der Waals surface area contributed by atoms with E-state index in [9.17, 15) is 0 Å². The fourth-order valence-corrected chi connectivity index (χ4v) is 2.39. The molecule has 3 nitrogen and oxygen atoms in total. The molecule has 1 aromatic carbocycles. The molecule has 0 aliphatic heterocycles. The van der Waals surface area contributed by atoms with Gasteiger partial charge in [0.25, 0.3) is 0 Å². The number of aromatic nitrogens is 1. The Morgan fingerprint density at radius 3 is 2.70 bits per heavy atom. The molecule has 0 amide bonds. The van der Waals surface area contributed by atoms with Gasteiger partial charge in [0.2, 0.25) is 0 Å². The SMILES string of the molecule is CCOCc1ccccc1CNCc1cncc(Br)c1. The zero-order valence-electron chi connectivity index (χ0n) is 11.6. The van der Waals surface area contributed by atoms with Gasteiger partial charge in [-0.1, -0.05) is 24.3 Å². The van der Waals surface area contributed by atoms with Crippen LogP contribution >= 0.6 is 15.9 Å². The van der Waals surface area contributed by atoms with Crippen LogP contribution in [0.3, 0.4) is 0 Å². The third-order valence-corrected chi connectivity index (χ3v) is 3.42. The van der Waals surface area contributed by atoms with Gasteiger partial charge in [0.1, 0.15) is 0 Å². The minimum atomic E-state index is 0.673. The summed E-state index contributed by atoms with van der Waals surface area (Å²) in [5.41, 5.74) is 3.69. The van der Waals surface area contributed by atoms with Crippen molar-refractivity contribution in [2.24, 2.45) is 0 Å². The predicted octanol–water partition coefficient (Wildman–Crippen LogP) is 3.67. The molecule has 0 fully saturated rings. The van der Waals surface area contributed by atoms with Gasteiger partial charge >= 0.3 is 0 Å². The second-order valence-electron chi connectivity index (χ2n) is 4.52. The molecule has 0 saturated heterocycles. The first-order valence-electron chi connectivity index (χ1n) is 6.74. The number of pyridine rings is 1. The second kappa shape index (κ2) is 8.15. The van der Waals surface area contributed by atoms with E-state index < -0.39 is 0 Å². The van der Waals surface area contributed by atoms with Gasteiger partial charge in [-0.2, -0.15) is 0 Å². The smallest absolute Gasteiger partial charge is 0.0719 e. The zero-order chi connectivity index (χ0) is 14.2. The first-order valence-corrected chi connectivity index (χ1v) is 7.53. The normalized spacial score (nSPS) is 10.7. The van der Waals surface area contributed by atoms with E-state index in [1.807, 2.05) is 13.1 Å². The van der Waals surface area contributed by atoms with Crippen molar-refractivity contribution in [1.29, 1.82) is 0 Å². The van der Waals surface area contributed by atoms with Crippen LogP contribution in [0.5, 0.6) is 0 Å². The lowest BCUT2D eigenvalue weighted by Crippen LogP contribution is -2.14. The van der Waals surface area contributed by atoms with E-state index in [0.717, 1.165) is 24.2 Å². The molecular formula is C16H19BrN2O. The van der Waals surface area contributed by atoms with Gasteiger partial charge in [0, 0.05) is 36.6 Å². The van der Waals surface area contributed by atoms with Crippen molar-refractivity contribution >= 4 is 15.9 Å². The molecular weight excluding hydrogens is 316 g/mol. The summed E-state index contributed by atoms with van der Waals surface area (Å²) >= 11 is 3.43. The van der Waals surface area contributed by atoms with Crippen molar-refractivity contribution in [2.45, 2.75) is 26.6 Å². The monoisotopic (exact) mass is 334 g/mol. The summed E-state index contributed by atoms with van der Waals surface area (Å²) in [5, 5.41) is 3.45. The molecule has 0 unspecified atom stereocenters. The Labute approximate surface area is 128 Å². The lowest BCUT2D eigenvalue weighted by atomic mass is 10.1. The van der Waals surface area contributed by atoms with E-state index in [2.05, 4.69) is 56.6 Å². The van der Waals surface area contributed by atoms with Crippen LogP contribution in [0, 0.1) is 0 Å². The Balaban J connectivity index is 1.90. The maximum absolute atomic E-state index is 5.50. The van der Waals surface area contributed by atoms with Crippen molar-refractivity contribution in [3.63, 3.8) is 0 Å². The highest BCUT2D eigenvalue weighted by atomic mass is 79.9. The van der Waals surface area contributed by atoms with Crippen molar-refractivity contribution in [1.82, 2.24) is 10.3 Å². The molecule has 0 atom stereocenters. The number of rotatable bonds is 7. The number of nitrogens with zero attached hydrogens (tertiary/aromatic N) is 1. The number of hydrogen-bond donors (Lipinski definition) is 1. The molecule has 2 rings (SSSR count). The summed E-state index contributed by atoms with van der Waals surface area (Å²) in [5.74, 6) is 0. The summed E-state index contributed by atoms with van der Waals surface area (Å²) in [6.07, 6.45) is 3.67. The van der Waals surface area contributed by atoms with Crippen LogP contribution in [0.1, 0.15) is 23.6 Å². The molecule has 0 radical (unpaired) electrons. The number of ether oxygens (including phenoxy) is 1. The average molecular weight is 335 g/mol. The van der Waals surface area contributed by atoms with E-state index in [1.54, 1.807) is 6.20 Å². The van der Waals surface area contributed by atoms with Gasteiger partial charge in [0.05, 0.1) is 6.61 Å². The van der Waals surface area contributed by atoms with Crippen molar-refractivity contribution < 1.29 is 4.74 Å². The van der Waals surface area contributed by atoms with E-state index >= 15 is 0 Å². The molecule has 4 heteroatoms. The molecule has 1 heterocycles. The molecule has 0 bridgehead atoms. The first-order chi connectivity index (χ1) is 9.79. The highest BCUT2D eigenvalue weighted by molar-refractivity contribution is 9.10. The van der Waals surface area contributed by atoms with Crippen molar-refractivity contribution in [2.75, 3.05) is 6.61 Å². The number of halogens is 1. The Bertz CT molecular complexity index is 546. The standard InChI is InChI=1S/C16H19BrN2O/c1-2-20-12-15-6-4-3-5-14(15)10-18-8-13-7-16(17)11-19-9-13/h3-7,9,11,18H,2,8,10,12H2,1H3. The topological polar surface area (TPSA) is 34.1 Å². The van der Waals surface area contributed by atoms with Crippen LogP contribution in [0.15, 0.2) is 47.2 Å². The van der Waals surface area contributed by atoms with Gasteiger partial charge in [-0.05, 0) is 45.6 Å². The van der Waals surface area contributed by atoms with Gasteiger partial charge < -0.3 is 10.1 Å². The molecule has 1 N–H and O–H groups in total. The largest absolute Gasteiger partial charge is 0.377 e. The van der Waals surface area contributed by atoms with Crippen molar-refractivity contribution in [3.05, 3.63) is 63.9 Å². The second-order valence-corrected chi connectivity index (χ2v) is 5.44. The first kappa shape index (κ1) is 15.2. The van der Waals surface area contributed by atoms with Gasteiger partial charge in [-0.25, -0.2) is 0 Å². The predicted molar refractivity (Wildman–Crippen MR) is 84.3 cm³/mol. The zero-order valence-corrected chi connectivity index (χ0v) is 13.2. The fourth-order valence-electron chi connectivity index (χ4n) is 1.98. The van der Waals surface area contributed by atoms with E-state index in [0.29, 0.717) is 6.61 Å². The van der Waals surface area contributed by atoms with E-state index in [-0.39, 0.29) is 0 Å². The molecule has 0 spiro atoms. The number of benzene rings is 1. The van der Waals surface area contributed by atoms with Crippen LogP contribution in [0.2, 0.25) is 0 Å². The van der Waals surface area contributed by atoms with Gasteiger partial charge in [-0.15, -0.1) is 0 Å². The maximum atomic E-state index is 5.50.